The molecule has 3 heteroatoms. The van der Waals surface area contributed by atoms with E-state index in [4.69, 9.17) is 10.2 Å². The summed E-state index contributed by atoms with van der Waals surface area (Å²) in [6, 6.07) is 10.2. The van der Waals surface area contributed by atoms with Crippen LogP contribution in [0.1, 0.15) is 39.6 Å². The number of fused-ring (bicyclic) bond motifs is 1. The summed E-state index contributed by atoms with van der Waals surface area (Å²) in [6.45, 7) is 6.39. The van der Waals surface area contributed by atoms with Crippen LogP contribution in [-0.2, 0) is 6.42 Å². The lowest BCUT2D eigenvalue weighted by molar-refractivity contribution is 0.547. The van der Waals surface area contributed by atoms with Crippen LogP contribution in [0.2, 0.25) is 0 Å². The molecule has 2 N–H and O–H groups in total. The first-order valence-electron chi connectivity index (χ1n) is 6.94. The number of aryl methyl sites for hydroxylation is 3. The van der Waals surface area contributed by atoms with Gasteiger partial charge in [0.2, 0.25) is 0 Å². The van der Waals surface area contributed by atoms with Gasteiger partial charge in [-0.05, 0) is 31.5 Å². The summed E-state index contributed by atoms with van der Waals surface area (Å²) in [5.74, 6) is 1.00. The Balaban J connectivity index is 2.17. The third-order valence-electron chi connectivity index (χ3n) is 3.83. The molecular weight excluding hydrogens is 266 g/mol. The SMILES string of the molecule is CCc1oc2ccccc2c1C(N)c1cc(C)c(C)s1. The molecule has 2 nitrogen and oxygen atoms in total. The number of hydrogen-bond donors (Lipinski definition) is 1. The number of rotatable bonds is 3. The maximum atomic E-state index is 6.54. The second kappa shape index (κ2) is 5.08. The van der Waals surface area contributed by atoms with Gasteiger partial charge in [0.05, 0.1) is 6.04 Å². The van der Waals surface area contributed by atoms with Crippen molar-refractivity contribution in [3.63, 3.8) is 0 Å². The predicted octanol–water partition coefficient (Wildman–Crippen LogP) is 4.72. The molecule has 0 aliphatic rings. The summed E-state index contributed by atoms with van der Waals surface area (Å²) < 4.78 is 5.95. The van der Waals surface area contributed by atoms with Crippen molar-refractivity contribution in [2.75, 3.05) is 0 Å². The van der Waals surface area contributed by atoms with Crippen LogP contribution in [0.15, 0.2) is 34.7 Å². The second-order valence-electron chi connectivity index (χ2n) is 5.15. The number of hydrogen-bond acceptors (Lipinski definition) is 3. The van der Waals surface area contributed by atoms with Crippen molar-refractivity contribution in [1.29, 1.82) is 0 Å². The van der Waals surface area contributed by atoms with Crippen molar-refractivity contribution < 1.29 is 4.42 Å². The minimum atomic E-state index is -0.106. The lowest BCUT2D eigenvalue weighted by Gasteiger charge is -2.10. The molecule has 2 heterocycles. The van der Waals surface area contributed by atoms with Gasteiger partial charge in [0.1, 0.15) is 11.3 Å². The lowest BCUT2D eigenvalue weighted by Crippen LogP contribution is -2.11. The number of furan rings is 1. The van der Waals surface area contributed by atoms with E-state index in [1.807, 2.05) is 18.2 Å². The fourth-order valence-corrected chi connectivity index (χ4v) is 3.67. The summed E-state index contributed by atoms with van der Waals surface area (Å²) in [4.78, 5) is 2.54. The maximum Gasteiger partial charge on any atom is 0.134 e. The topological polar surface area (TPSA) is 39.2 Å². The van der Waals surface area contributed by atoms with E-state index in [1.165, 1.54) is 15.3 Å². The van der Waals surface area contributed by atoms with Crippen LogP contribution in [0.25, 0.3) is 11.0 Å². The fourth-order valence-electron chi connectivity index (χ4n) is 2.62. The molecular formula is C17H19NOS. The van der Waals surface area contributed by atoms with Gasteiger partial charge in [-0.3, -0.25) is 0 Å². The van der Waals surface area contributed by atoms with Crippen molar-refractivity contribution in [2.45, 2.75) is 33.2 Å². The maximum absolute atomic E-state index is 6.54. The monoisotopic (exact) mass is 285 g/mol. The van der Waals surface area contributed by atoms with Gasteiger partial charge < -0.3 is 10.2 Å². The molecule has 3 rings (SSSR count). The van der Waals surface area contributed by atoms with E-state index in [0.29, 0.717) is 0 Å². The molecule has 0 fully saturated rings. The van der Waals surface area contributed by atoms with Gasteiger partial charge in [0.25, 0.3) is 0 Å². The number of thiophene rings is 1. The molecule has 2 aromatic heterocycles. The van der Waals surface area contributed by atoms with Crippen LogP contribution in [0, 0.1) is 13.8 Å². The Morgan fingerprint density at radius 3 is 2.65 bits per heavy atom. The minimum absolute atomic E-state index is 0.106. The van der Waals surface area contributed by atoms with Gasteiger partial charge in [0.15, 0.2) is 0 Å². The Hall–Kier alpha value is -1.58. The first-order chi connectivity index (χ1) is 9.61. The third kappa shape index (κ3) is 2.07. The summed E-state index contributed by atoms with van der Waals surface area (Å²) >= 11 is 1.78. The lowest BCUT2D eigenvalue weighted by atomic mass is 10.0. The van der Waals surface area contributed by atoms with Gasteiger partial charge in [0, 0.05) is 27.1 Å². The van der Waals surface area contributed by atoms with Gasteiger partial charge >= 0.3 is 0 Å². The average molecular weight is 285 g/mol. The third-order valence-corrected chi connectivity index (χ3v) is 5.07. The van der Waals surface area contributed by atoms with E-state index >= 15 is 0 Å². The van der Waals surface area contributed by atoms with Crippen LogP contribution >= 0.6 is 11.3 Å². The zero-order valence-electron chi connectivity index (χ0n) is 12.1. The number of para-hydroxylation sites is 1. The normalized spacial score (nSPS) is 13.0. The average Bonchev–Trinajstić information content (AvgIpc) is 2.99. The first kappa shape index (κ1) is 13.4. The van der Waals surface area contributed by atoms with Crippen LogP contribution in [0.3, 0.4) is 0 Å². The molecule has 0 saturated carbocycles. The van der Waals surface area contributed by atoms with Crippen LogP contribution in [-0.4, -0.2) is 0 Å². The molecule has 0 aliphatic carbocycles. The Morgan fingerprint density at radius 2 is 2.00 bits per heavy atom. The Morgan fingerprint density at radius 1 is 1.25 bits per heavy atom. The van der Waals surface area contributed by atoms with E-state index in [9.17, 15) is 0 Å². The largest absolute Gasteiger partial charge is 0.461 e. The zero-order valence-corrected chi connectivity index (χ0v) is 12.9. The van der Waals surface area contributed by atoms with Crippen LogP contribution in [0.5, 0.6) is 0 Å². The highest BCUT2D eigenvalue weighted by Gasteiger charge is 2.21. The van der Waals surface area contributed by atoms with E-state index in [2.05, 4.69) is 32.9 Å². The molecule has 1 aromatic carbocycles. The molecule has 0 saturated heterocycles. The van der Waals surface area contributed by atoms with Gasteiger partial charge in [-0.2, -0.15) is 0 Å². The quantitative estimate of drug-likeness (QED) is 0.756. The highest BCUT2D eigenvalue weighted by Crippen LogP contribution is 2.36. The number of nitrogens with two attached hydrogens (primary N) is 1. The van der Waals surface area contributed by atoms with Gasteiger partial charge in [-0.1, -0.05) is 25.1 Å². The fraction of sp³-hybridized carbons (Fsp3) is 0.294. The molecule has 104 valence electrons. The summed E-state index contributed by atoms with van der Waals surface area (Å²) in [6.07, 6.45) is 0.862. The van der Waals surface area contributed by atoms with E-state index in [-0.39, 0.29) is 6.04 Å². The van der Waals surface area contributed by atoms with Crippen molar-refractivity contribution in [2.24, 2.45) is 5.73 Å². The predicted molar refractivity (Wildman–Crippen MR) is 85.4 cm³/mol. The Kier molecular flexibility index (Phi) is 3.40. The summed E-state index contributed by atoms with van der Waals surface area (Å²) in [7, 11) is 0. The van der Waals surface area contributed by atoms with Crippen LogP contribution in [0.4, 0.5) is 0 Å². The minimum Gasteiger partial charge on any atom is -0.461 e. The molecule has 3 aromatic rings. The molecule has 0 spiro atoms. The molecule has 0 radical (unpaired) electrons. The molecule has 0 aliphatic heterocycles. The molecule has 0 amide bonds. The summed E-state index contributed by atoms with van der Waals surface area (Å²) in [5, 5.41) is 1.14. The Bertz CT molecular complexity index is 734. The molecule has 0 bridgehead atoms. The molecule has 1 unspecified atom stereocenters. The van der Waals surface area contributed by atoms with Crippen molar-refractivity contribution in [1.82, 2.24) is 0 Å². The zero-order chi connectivity index (χ0) is 14.3. The van der Waals surface area contributed by atoms with E-state index in [1.54, 1.807) is 11.3 Å². The first-order valence-corrected chi connectivity index (χ1v) is 7.76. The van der Waals surface area contributed by atoms with Crippen molar-refractivity contribution in [3.05, 3.63) is 57.0 Å². The van der Waals surface area contributed by atoms with Gasteiger partial charge in [-0.15, -0.1) is 11.3 Å². The highest BCUT2D eigenvalue weighted by atomic mass is 32.1. The van der Waals surface area contributed by atoms with E-state index in [0.717, 1.165) is 28.7 Å². The second-order valence-corrected chi connectivity index (χ2v) is 6.44. The number of benzene rings is 1. The Labute approximate surface area is 123 Å². The highest BCUT2D eigenvalue weighted by molar-refractivity contribution is 7.12. The summed E-state index contributed by atoms with van der Waals surface area (Å²) in [5.41, 5.74) is 9.92. The van der Waals surface area contributed by atoms with E-state index < -0.39 is 0 Å². The molecule has 1 atom stereocenters. The smallest absolute Gasteiger partial charge is 0.134 e. The standard InChI is InChI=1S/C17H19NOS/c1-4-13-16(12-7-5-6-8-14(12)19-13)17(18)15-9-10(2)11(3)20-15/h5-9,17H,4,18H2,1-3H3. The van der Waals surface area contributed by atoms with Gasteiger partial charge in [-0.25, -0.2) is 0 Å². The van der Waals surface area contributed by atoms with Crippen molar-refractivity contribution in [3.8, 4) is 0 Å². The van der Waals surface area contributed by atoms with Crippen LogP contribution < -0.4 is 5.73 Å². The molecule has 20 heavy (non-hydrogen) atoms. The van der Waals surface area contributed by atoms with Crippen molar-refractivity contribution >= 4 is 22.3 Å².